The third-order valence-electron chi connectivity index (χ3n) is 2.77. The Morgan fingerprint density at radius 1 is 1.44 bits per heavy atom. The van der Waals surface area contributed by atoms with Gasteiger partial charge in [-0.3, -0.25) is 4.79 Å². The second-order valence-electron chi connectivity index (χ2n) is 4.25. The van der Waals surface area contributed by atoms with E-state index >= 15 is 0 Å². The summed E-state index contributed by atoms with van der Waals surface area (Å²) < 4.78 is 0. The lowest BCUT2D eigenvalue weighted by Gasteiger charge is -2.21. The Balaban J connectivity index is 2.88. The third-order valence-corrected chi connectivity index (χ3v) is 3.14. The van der Waals surface area contributed by atoms with E-state index in [0.29, 0.717) is 23.3 Å². The SMILES string of the molecule is CCN(C)C(=O)C(C)Nc1nc(C)nc(Cl)c1C. The minimum atomic E-state index is -0.348. The predicted octanol–water partition coefficient (Wildman–Crippen LogP) is 2.03. The third kappa shape index (κ3) is 3.32. The number of likely N-dealkylation sites (N-methyl/N-ethyl adjacent to an activating group) is 1. The molecule has 0 bridgehead atoms. The van der Waals surface area contributed by atoms with Gasteiger partial charge in [-0.1, -0.05) is 11.6 Å². The topological polar surface area (TPSA) is 58.1 Å². The molecule has 0 aromatic carbocycles. The molecule has 0 aliphatic carbocycles. The molecule has 100 valence electrons. The number of aryl methyl sites for hydroxylation is 1. The minimum absolute atomic E-state index is 0.0179. The Labute approximate surface area is 113 Å². The fourth-order valence-corrected chi connectivity index (χ4v) is 1.70. The van der Waals surface area contributed by atoms with Gasteiger partial charge in [0, 0.05) is 19.2 Å². The highest BCUT2D eigenvalue weighted by molar-refractivity contribution is 6.30. The minimum Gasteiger partial charge on any atom is -0.358 e. The van der Waals surface area contributed by atoms with Gasteiger partial charge in [0.05, 0.1) is 0 Å². The quantitative estimate of drug-likeness (QED) is 0.851. The number of nitrogens with one attached hydrogen (secondary N) is 1. The molecule has 0 aliphatic rings. The smallest absolute Gasteiger partial charge is 0.244 e. The molecule has 18 heavy (non-hydrogen) atoms. The molecule has 5 nitrogen and oxygen atoms in total. The van der Waals surface area contributed by atoms with Crippen LogP contribution in [0, 0.1) is 13.8 Å². The van der Waals surface area contributed by atoms with Crippen LogP contribution in [-0.4, -0.2) is 40.4 Å². The molecular weight excluding hydrogens is 252 g/mol. The molecule has 1 N–H and O–H groups in total. The lowest BCUT2D eigenvalue weighted by atomic mass is 10.2. The van der Waals surface area contributed by atoms with Crippen LogP contribution in [-0.2, 0) is 4.79 Å². The van der Waals surface area contributed by atoms with Crippen LogP contribution in [0.3, 0.4) is 0 Å². The number of halogens is 1. The van der Waals surface area contributed by atoms with Crippen molar-refractivity contribution in [2.75, 3.05) is 18.9 Å². The zero-order valence-corrected chi connectivity index (χ0v) is 12.2. The van der Waals surface area contributed by atoms with Crippen LogP contribution in [0.5, 0.6) is 0 Å². The molecule has 1 rings (SSSR count). The Hall–Kier alpha value is -1.36. The van der Waals surface area contributed by atoms with Gasteiger partial charge in [-0.2, -0.15) is 0 Å². The van der Waals surface area contributed by atoms with E-state index in [1.165, 1.54) is 0 Å². The number of rotatable bonds is 4. The number of aromatic nitrogens is 2. The number of anilines is 1. The van der Waals surface area contributed by atoms with Gasteiger partial charge >= 0.3 is 0 Å². The first kappa shape index (κ1) is 14.7. The number of nitrogens with zero attached hydrogens (tertiary/aromatic N) is 3. The van der Waals surface area contributed by atoms with Crippen LogP contribution < -0.4 is 5.32 Å². The van der Waals surface area contributed by atoms with Gasteiger partial charge in [-0.25, -0.2) is 9.97 Å². The maximum atomic E-state index is 11.9. The lowest BCUT2D eigenvalue weighted by Crippen LogP contribution is -2.39. The van der Waals surface area contributed by atoms with Gasteiger partial charge in [-0.15, -0.1) is 0 Å². The van der Waals surface area contributed by atoms with E-state index in [2.05, 4.69) is 15.3 Å². The molecular formula is C12H19ClN4O. The largest absolute Gasteiger partial charge is 0.358 e. The first-order valence-electron chi connectivity index (χ1n) is 5.89. The van der Waals surface area contributed by atoms with Gasteiger partial charge in [0.2, 0.25) is 5.91 Å². The van der Waals surface area contributed by atoms with Crippen LogP contribution in [0.15, 0.2) is 0 Å². The second-order valence-corrected chi connectivity index (χ2v) is 4.61. The Bertz CT molecular complexity index is 450. The molecule has 1 aromatic rings. The average molecular weight is 271 g/mol. The average Bonchev–Trinajstić information content (AvgIpc) is 2.33. The number of amides is 1. The van der Waals surface area contributed by atoms with Crippen molar-refractivity contribution in [3.8, 4) is 0 Å². The van der Waals surface area contributed by atoms with Crippen molar-refractivity contribution < 1.29 is 4.79 Å². The van der Waals surface area contributed by atoms with Crippen molar-refractivity contribution in [2.24, 2.45) is 0 Å². The maximum absolute atomic E-state index is 11.9. The first-order valence-corrected chi connectivity index (χ1v) is 6.26. The molecule has 0 fully saturated rings. The molecule has 1 atom stereocenters. The van der Waals surface area contributed by atoms with Gasteiger partial charge in [0.15, 0.2) is 0 Å². The summed E-state index contributed by atoms with van der Waals surface area (Å²) in [5, 5.41) is 3.49. The fraction of sp³-hybridized carbons (Fsp3) is 0.583. The highest BCUT2D eigenvalue weighted by Gasteiger charge is 2.18. The normalized spacial score (nSPS) is 12.1. The van der Waals surface area contributed by atoms with Crippen molar-refractivity contribution in [1.82, 2.24) is 14.9 Å². The van der Waals surface area contributed by atoms with Gasteiger partial charge in [0.1, 0.15) is 22.8 Å². The highest BCUT2D eigenvalue weighted by atomic mass is 35.5. The molecule has 0 saturated carbocycles. The monoisotopic (exact) mass is 270 g/mol. The van der Waals surface area contributed by atoms with E-state index in [9.17, 15) is 4.79 Å². The molecule has 6 heteroatoms. The summed E-state index contributed by atoms with van der Waals surface area (Å²) in [6.07, 6.45) is 0. The van der Waals surface area contributed by atoms with Crippen molar-refractivity contribution >= 4 is 23.3 Å². The Morgan fingerprint density at radius 2 is 2.06 bits per heavy atom. The summed E-state index contributed by atoms with van der Waals surface area (Å²) in [6.45, 7) is 8.00. The van der Waals surface area contributed by atoms with Gasteiger partial charge in [-0.05, 0) is 27.7 Å². The van der Waals surface area contributed by atoms with Crippen LogP contribution >= 0.6 is 11.6 Å². The number of carbonyl (C=O) groups is 1. The second kappa shape index (κ2) is 6.00. The molecule has 1 unspecified atom stereocenters. The van der Waals surface area contributed by atoms with Crippen molar-refractivity contribution in [3.63, 3.8) is 0 Å². The summed E-state index contributed by atoms with van der Waals surface area (Å²) >= 11 is 5.99. The van der Waals surface area contributed by atoms with Gasteiger partial charge < -0.3 is 10.2 Å². The van der Waals surface area contributed by atoms with Crippen LogP contribution in [0.4, 0.5) is 5.82 Å². The van der Waals surface area contributed by atoms with E-state index in [4.69, 9.17) is 11.6 Å². The van der Waals surface area contributed by atoms with E-state index in [1.807, 2.05) is 13.8 Å². The van der Waals surface area contributed by atoms with Crippen molar-refractivity contribution in [2.45, 2.75) is 33.7 Å². The Morgan fingerprint density at radius 3 is 2.61 bits per heavy atom. The zero-order chi connectivity index (χ0) is 13.9. The van der Waals surface area contributed by atoms with Crippen molar-refractivity contribution in [1.29, 1.82) is 0 Å². The Kier molecular flexibility index (Phi) is 4.90. The molecule has 0 radical (unpaired) electrons. The molecule has 1 aromatic heterocycles. The lowest BCUT2D eigenvalue weighted by molar-refractivity contribution is -0.130. The number of carbonyl (C=O) groups excluding carboxylic acids is 1. The standard InChI is InChI=1S/C12H19ClN4O/c1-6-17(5)12(18)8(3)14-11-7(2)10(13)15-9(4)16-11/h8H,6H2,1-5H3,(H,14,15,16). The predicted molar refractivity (Wildman–Crippen MR) is 72.9 cm³/mol. The molecule has 0 spiro atoms. The van der Waals surface area contributed by atoms with Gasteiger partial charge in [0.25, 0.3) is 0 Å². The van der Waals surface area contributed by atoms with Crippen LogP contribution in [0.1, 0.15) is 25.2 Å². The molecule has 0 saturated heterocycles. The van der Waals surface area contributed by atoms with Crippen molar-refractivity contribution in [3.05, 3.63) is 16.5 Å². The van der Waals surface area contributed by atoms with E-state index in [-0.39, 0.29) is 11.9 Å². The first-order chi connectivity index (χ1) is 8.36. The van der Waals surface area contributed by atoms with Crippen LogP contribution in [0.2, 0.25) is 5.15 Å². The molecule has 1 amide bonds. The number of hydrogen-bond acceptors (Lipinski definition) is 4. The van der Waals surface area contributed by atoms with E-state index in [0.717, 1.165) is 5.56 Å². The molecule has 0 aliphatic heterocycles. The highest BCUT2D eigenvalue weighted by Crippen LogP contribution is 2.20. The fourth-order valence-electron chi connectivity index (χ4n) is 1.49. The summed E-state index contributed by atoms with van der Waals surface area (Å²) in [7, 11) is 1.77. The summed E-state index contributed by atoms with van der Waals surface area (Å²) in [5.74, 6) is 1.21. The van der Waals surface area contributed by atoms with E-state index < -0.39 is 0 Å². The summed E-state index contributed by atoms with van der Waals surface area (Å²) in [6, 6.07) is -0.348. The number of hydrogen-bond donors (Lipinski definition) is 1. The van der Waals surface area contributed by atoms with E-state index in [1.54, 1.807) is 25.8 Å². The molecule has 1 heterocycles. The maximum Gasteiger partial charge on any atom is 0.244 e. The summed E-state index contributed by atoms with van der Waals surface area (Å²) in [4.78, 5) is 21.9. The van der Waals surface area contributed by atoms with Crippen LogP contribution in [0.25, 0.3) is 0 Å². The summed E-state index contributed by atoms with van der Waals surface area (Å²) in [5.41, 5.74) is 0.751. The zero-order valence-electron chi connectivity index (χ0n) is 11.4.